The summed E-state index contributed by atoms with van der Waals surface area (Å²) in [6.07, 6.45) is 3.66. The molecule has 0 unspecified atom stereocenters. The molecule has 0 aliphatic rings. The molecule has 0 aromatic carbocycles. The van der Waals surface area contributed by atoms with Gasteiger partial charge in [-0.3, -0.25) is 4.90 Å². The Kier molecular flexibility index (Phi) is 5.29. The highest BCUT2D eigenvalue weighted by molar-refractivity contribution is 5.16. The molecule has 1 N–H and O–H groups in total. The summed E-state index contributed by atoms with van der Waals surface area (Å²) in [6, 6.07) is 2.53. The predicted molar refractivity (Wildman–Crippen MR) is 67.2 cm³/mol. The lowest BCUT2D eigenvalue weighted by Gasteiger charge is -2.14. The zero-order valence-corrected chi connectivity index (χ0v) is 10.5. The van der Waals surface area contributed by atoms with Crippen LogP contribution >= 0.6 is 0 Å². The van der Waals surface area contributed by atoms with E-state index in [0.29, 0.717) is 6.04 Å². The molecule has 1 aromatic rings. The van der Waals surface area contributed by atoms with Crippen molar-refractivity contribution in [1.82, 2.24) is 10.2 Å². The number of nitrogens with zero attached hydrogens (tertiary/aromatic N) is 1. The highest BCUT2D eigenvalue weighted by Crippen LogP contribution is 2.12. The molecule has 1 heterocycles. The summed E-state index contributed by atoms with van der Waals surface area (Å²) in [5.74, 6) is 1.04. The molecule has 0 atom stereocenters. The third-order valence-electron chi connectivity index (χ3n) is 2.39. The van der Waals surface area contributed by atoms with Crippen molar-refractivity contribution in [2.75, 3.05) is 13.6 Å². The molecular weight excluding hydrogens is 200 g/mol. The van der Waals surface area contributed by atoms with Gasteiger partial charge in [-0.2, -0.15) is 0 Å². The first-order valence-corrected chi connectivity index (χ1v) is 5.71. The van der Waals surface area contributed by atoms with Crippen molar-refractivity contribution in [3.8, 4) is 0 Å². The van der Waals surface area contributed by atoms with E-state index in [1.165, 1.54) is 5.56 Å². The van der Waals surface area contributed by atoms with E-state index in [1.807, 2.05) is 12.1 Å². The molecule has 0 spiro atoms. The molecule has 0 radical (unpaired) electrons. The van der Waals surface area contributed by atoms with Gasteiger partial charge in [0.1, 0.15) is 5.76 Å². The SMILES string of the molecule is C=CCN(C)Cc1occc1CNC(C)C. The zero-order valence-electron chi connectivity index (χ0n) is 10.5. The minimum Gasteiger partial charge on any atom is -0.468 e. The average Bonchev–Trinajstić information content (AvgIpc) is 2.62. The van der Waals surface area contributed by atoms with Crippen LogP contribution in [-0.2, 0) is 13.1 Å². The Balaban J connectivity index is 2.52. The van der Waals surface area contributed by atoms with E-state index in [0.717, 1.165) is 25.4 Å². The lowest BCUT2D eigenvalue weighted by Crippen LogP contribution is -2.23. The van der Waals surface area contributed by atoms with E-state index in [-0.39, 0.29) is 0 Å². The van der Waals surface area contributed by atoms with Gasteiger partial charge in [0, 0.05) is 24.7 Å². The van der Waals surface area contributed by atoms with E-state index >= 15 is 0 Å². The normalized spacial score (nSPS) is 11.3. The number of furan rings is 1. The topological polar surface area (TPSA) is 28.4 Å². The summed E-state index contributed by atoms with van der Waals surface area (Å²) in [6.45, 7) is 10.6. The fourth-order valence-electron chi connectivity index (χ4n) is 1.51. The van der Waals surface area contributed by atoms with Crippen molar-refractivity contribution in [2.24, 2.45) is 0 Å². The fourth-order valence-corrected chi connectivity index (χ4v) is 1.51. The van der Waals surface area contributed by atoms with Gasteiger partial charge in [-0.05, 0) is 13.1 Å². The van der Waals surface area contributed by atoms with Crippen molar-refractivity contribution in [3.63, 3.8) is 0 Å². The van der Waals surface area contributed by atoms with Crippen molar-refractivity contribution in [3.05, 3.63) is 36.3 Å². The predicted octanol–water partition coefficient (Wildman–Crippen LogP) is 2.40. The van der Waals surface area contributed by atoms with Crippen molar-refractivity contribution < 1.29 is 4.42 Å². The van der Waals surface area contributed by atoms with Crippen LogP contribution in [0.2, 0.25) is 0 Å². The zero-order chi connectivity index (χ0) is 12.0. The molecule has 0 aliphatic carbocycles. The summed E-state index contributed by atoms with van der Waals surface area (Å²) < 4.78 is 5.50. The minimum absolute atomic E-state index is 0.494. The molecule has 1 aromatic heterocycles. The third-order valence-corrected chi connectivity index (χ3v) is 2.39. The number of hydrogen-bond donors (Lipinski definition) is 1. The van der Waals surface area contributed by atoms with Gasteiger partial charge >= 0.3 is 0 Å². The molecular formula is C13H22N2O. The molecule has 0 bridgehead atoms. The number of nitrogens with one attached hydrogen (secondary N) is 1. The Morgan fingerprint density at radius 3 is 2.94 bits per heavy atom. The summed E-state index contributed by atoms with van der Waals surface area (Å²) in [5.41, 5.74) is 1.24. The van der Waals surface area contributed by atoms with Crippen LogP contribution in [0.25, 0.3) is 0 Å². The summed E-state index contributed by atoms with van der Waals surface area (Å²) in [5, 5.41) is 3.39. The van der Waals surface area contributed by atoms with E-state index in [4.69, 9.17) is 4.42 Å². The Morgan fingerprint density at radius 1 is 1.56 bits per heavy atom. The molecule has 16 heavy (non-hydrogen) atoms. The van der Waals surface area contributed by atoms with Crippen molar-refractivity contribution in [1.29, 1.82) is 0 Å². The van der Waals surface area contributed by atoms with Crippen LogP contribution in [0.4, 0.5) is 0 Å². The number of hydrogen-bond acceptors (Lipinski definition) is 3. The van der Waals surface area contributed by atoms with Crippen LogP contribution in [0, 0.1) is 0 Å². The van der Waals surface area contributed by atoms with Gasteiger partial charge in [0.15, 0.2) is 0 Å². The lowest BCUT2D eigenvalue weighted by molar-refractivity contribution is 0.320. The van der Waals surface area contributed by atoms with E-state index < -0.39 is 0 Å². The Morgan fingerprint density at radius 2 is 2.31 bits per heavy atom. The van der Waals surface area contributed by atoms with Crippen LogP contribution in [0.15, 0.2) is 29.4 Å². The molecule has 3 heteroatoms. The molecule has 0 saturated carbocycles. The van der Waals surface area contributed by atoms with Crippen LogP contribution in [0.5, 0.6) is 0 Å². The maximum Gasteiger partial charge on any atom is 0.122 e. The molecule has 0 aliphatic heterocycles. The molecule has 1 rings (SSSR count). The summed E-state index contributed by atoms with van der Waals surface area (Å²) in [7, 11) is 2.06. The third kappa shape index (κ3) is 4.21. The van der Waals surface area contributed by atoms with E-state index in [9.17, 15) is 0 Å². The van der Waals surface area contributed by atoms with Gasteiger partial charge in [-0.15, -0.1) is 6.58 Å². The summed E-state index contributed by atoms with van der Waals surface area (Å²) >= 11 is 0. The first kappa shape index (κ1) is 13.0. The Labute approximate surface area is 98.1 Å². The van der Waals surface area contributed by atoms with Crippen LogP contribution < -0.4 is 5.32 Å². The molecule has 0 saturated heterocycles. The summed E-state index contributed by atoms with van der Waals surface area (Å²) in [4.78, 5) is 2.17. The second-order valence-electron chi connectivity index (χ2n) is 4.39. The van der Waals surface area contributed by atoms with Crippen LogP contribution in [0.3, 0.4) is 0 Å². The van der Waals surface area contributed by atoms with Crippen LogP contribution in [-0.4, -0.2) is 24.5 Å². The monoisotopic (exact) mass is 222 g/mol. The van der Waals surface area contributed by atoms with Crippen molar-refractivity contribution >= 4 is 0 Å². The fraction of sp³-hybridized carbons (Fsp3) is 0.538. The van der Waals surface area contributed by atoms with Crippen molar-refractivity contribution in [2.45, 2.75) is 33.0 Å². The maximum atomic E-state index is 5.50. The molecule has 3 nitrogen and oxygen atoms in total. The second kappa shape index (κ2) is 6.51. The highest BCUT2D eigenvalue weighted by Gasteiger charge is 2.08. The van der Waals surface area contributed by atoms with Gasteiger partial charge in [0.05, 0.1) is 12.8 Å². The Hall–Kier alpha value is -1.06. The standard InChI is InChI=1S/C13H22N2O/c1-5-7-15(4)10-13-12(6-8-16-13)9-14-11(2)3/h5-6,8,11,14H,1,7,9-10H2,2-4H3. The first-order chi connectivity index (χ1) is 7.63. The van der Waals surface area contributed by atoms with Gasteiger partial charge < -0.3 is 9.73 Å². The second-order valence-corrected chi connectivity index (χ2v) is 4.39. The van der Waals surface area contributed by atoms with Gasteiger partial charge in [0.25, 0.3) is 0 Å². The van der Waals surface area contributed by atoms with Gasteiger partial charge in [-0.25, -0.2) is 0 Å². The minimum atomic E-state index is 0.494. The molecule has 0 fully saturated rings. The molecule has 0 amide bonds. The number of rotatable bonds is 7. The van der Waals surface area contributed by atoms with E-state index in [1.54, 1.807) is 6.26 Å². The van der Waals surface area contributed by atoms with Crippen LogP contribution in [0.1, 0.15) is 25.2 Å². The largest absolute Gasteiger partial charge is 0.468 e. The van der Waals surface area contributed by atoms with Gasteiger partial charge in [0.2, 0.25) is 0 Å². The quantitative estimate of drug-likeness (QED) is 0.718. The lowest BCUT2D eigenvalue weighted by atomic mass is 10.2. The van der Waals surface area contributed by atoms with Gasteiger partial charge in [-0.1, -0.05) is 19.9 Å². The highest BCUT2D eigenvalue weighted by atomic mass is 16.3. The maximum absolute atomic E-state index is 5.50. The number of likely N-dealkylation sites (N-methyl/N-ethyl adjacent to an activating group) is 1. The first-order valence-electron chi connectivity index (χ1n) is 5.71. The molecule has 90 valence electrons. The Bertz CT molecular complexity index is 317. The van der Waals surface area contributed by atoms with E-state index in [2.05, 4.69) is 37.7 Å². The smallest absolute Gasteiger partial charge is 0.122 e. The average molecular weight is 222 g/mol.